The van der Waals surface area contributed by atoms with E-state index >= 15 is 0 Å². The molecule has 0 aliphatic carbocycles. The highest BCUT2D eigenvalue weighted by atomic mass is 32.2. The number of hydrogen-bond acceptors (Lipinski definition) is 7. The van der Waals surface area contributed by atoms with Crippen molar-refractivity contribution in [1.29, 1.82) is 0 Å². The summed E-state index contributed by atoms with van der Waals surface area (Å²) in [5.74, 6) is 0. The number of thioether (sulfide) groups is 1. The van der Waals surface area contributed by atoms with Gasteiger partial charge in [0.15, 0.2) is 0 Å². The van der Waals surface area contributed by atoms with E-state index in [0.717, 1.165) is 16.3 Å². The van der Waals surface area contributed by atoms with Gasteiger partial charge in [-0.05, 0) is 12.5 Å². The quantitative estimate of drug-likeness (QED) is 0.310. The largest absolute Gasteiger partial charge is 0.395 e. The van der Waals surface area contributed by atoms with Gasteiger partial charge < -0.3 is 15.3 Å². The molecule has 4 N–H and O–H groups in total. The van der Waals surface area contributed by atoms with Gasteiger partial charge in [-0.1, -0.05) is 5.11 Å². The molecule has 0 spiro atoms. The van der Waals surface area contributed by atoms with Crippen molar-refractivity contribution in [3.05, 3.63) is 43.0 Å². The monoisotopic (exact) mass is 329 g/mol. The number of aromatic amines is 1. The molecule has 1 aromatic heterocycles. The number of nitrogens with zero attached hydrogens (tertiary/aromatic N) is 4. The van der Waals surface area contributed by atoms with Gasteiger partial charge in [-0.2, -0.15) is 0 Å². The zero-order valence-corrected chi connectivity index (χ0v) is 12.3. The molecule has 0 bridgehead atoms. The lowest BCUT2D eigenvalue weighted by Crippen LogP contribution is -2.53. The third kappa shape index (κ3) is 2.89. The predicted molar refractivity (Wildman–Crippen MR) is 78.5 cm³/mol. The van der Waals surface area contributed by atoms with Crippen LogP contribution in [0.4, 0.5) is 0 Å². The lowest BCUT2D eigenvalue weighted by molar-refractivity contribution is 0.0243. The summed E-state index contributed by atoms with van der Waals surface area (Å²) < 4.78 is 1.10. The number of nitrogens with one attached hydrogen (secondary N) is 1. The van der Waals surface area contributed by atoms with Gasteiger partial charge in [0.05, 0.1) is 30.1 Å². The number of aromatic nitrogens is 2. The first kappa shape index (κ1) is 16.6. The van der Waals surface area contributed by atoms with Crippen LogP contribution in [0.3, 0.4) is 0 Å². The fourth-order valence-electron chi connectivity index (χ4n) is 2.28. The third-order valence-corrected chi connectivity index (χ3v) is 5.03. The van der Waals surface area contributed by atoms with E-state index in [1.54, 1.807) is 0 Å². The number of azide groups is 1. The van der Waals surface area contributed by atoms with Crippen molar-refractivity contribution in [2.45, 2.75) is 35.8 Å². The molecule has 1 saturated heterocycles. The molecule has 0 aromatic carbocycles. The molecular formula is C11H15N5O5S. The Morgan fingerprint density at radius 1 is 1.45 bits per heavy atom. The normalized spacial score (nSPS) is 31.5. The highest BCUT2D eigenvalue weighted by Crippen LogP contribution is 2.40. The molecule has 1 fully saturated rings. The van der Waals surface area contributed by atoms with Crippen LogP contribution in [0.15, 0.2) is 20.9 Å². The Hall–Kier alpha value is -1.78. The van der Waals surface area contributed by atoms with Crippen LogP contribution in [0.5, 0.6) is 0 Å². The van der Waals surface area contributed by atoms with Crippen LogP contribution in [0, 0.1) is 6.92 Å². The summed E-state index contributed by atoms with van der Waals surface area (Å²) in [7, 11) is 0. The molecule has 10 nitrogen and oxygen atoms in total. The Bertz CT molecular complexity index is 712. The van der Waals surface area contributed by atoms with Gasteiger partial charge in [0.25, 0.3) is 5.56 Å². The van der Waals surface area contributed by atoms with Crippen LogP contribution in [0.25, 0.3) is 10.4 Å². The van der Waals surface area contributed by atoms with E-state index in [1.807, 2.05) is 0 Å². The Morgan fingerprint density at radius 2 is 2.14 bits per heavy atom. The Kier molecular flexibility index (Phi) is 4.94. The molecule has 1 aromatic rings. The Morgan fingerprint density at radius 3 is 2.73 bits per heavy atom. The molecule has 0 saturated carbocycles. The summed E-state index contributed by atoms with van der Waals surface area (Å²) in [6, 6.07) is -1.22. The second-order valence-corrected chi connectivity index (χ2v) is 6.26. The highest BCUT2D eigenvalue weighted by molar-refractivity contribution is 8.00. The number of aryl methyl sites for hydroxylation is 1. The molecule has 1 aliphatic heterocycles. The predicted octanol–water partition coefficient (Wildman–Crippen LogP) is -1.15. The maximum Gasteiger partial charge on any atom is 0.329 e. The maximum atomic E-state index is 11.9. The van der Waals surface area contributed by atoms with Crippen molar-refractivity contribution in [3.8, 4) is 0 Å². The number of aliphatic hydroxyl groups excluding tert-OH is 3. The van der Waals surface area contributed by atoms with Crippen LogP contribution in [-0.4, -0.2) is 55.0 Å². The minimum atomic E-state index is -1.36. The topological polar surface area (TPSA) is 164 Å². The van der Waals surface area contributed by atoms with Crippen molar-refractivity contribution < 1.29 is 15.3 Å². The molecule has 2 rings (SSSR count). The SMILES string of the molecule is Cc1cn([C@@H]2S[C@H](CO)[C@@H](O)[C@@H](N=[N+]=[N-])[C@H]2O)c(=O)[nH]c1=O. The second kappa shape index (κ2) is 6.55. The van der Waals surface area contributed by atoms with Crippen molar-refractivity contribution in [2.24, 2.45) is 5.11 Å². The number of aliphatic hydroxyl groups is 3. The van der Waals surface area contributed by atoms with Crippen LogP contribution in [0.2, 0.25) is 0 Å². The van der Waals surface area contributed by atoms with Gasteiger partial charge >= 0.3 is 5.69 Å². The van der Waals surface area contributed by atoms with E-state index < -0.39 is 46.7 Å². The molecule has 5 atom stereocenters. The smallest absolute Gasteiger partial charge is 0.329 e. The van der Waals surface area contributed by atoms with E-state index in [2.05, 4.69) is 15.0 Å². The van der Waals surface area contributed by atoms with Gasteiger partial charge in [0.1, 0.15) is 5.37 Å². The third-order valence-electron chi connectivity index (χ3n) is 3.47. The van der Waals surface area contributed by atoms with Crippen molar-refractivity contribution >= 4 is 11.8 Å². The van der Waals surface area contributed by atoms with Gasteiger partial charge in [0.2, 0.25) is 0 Å². The summed E-state index contributed by atoms with van der Waals surface area (Å²) in [5.41, 5.74) is 7.54. The van der Waals surface area contributed by atoms with E-state index in [-0.39, 0.29) is 5.56 Å². The summed E-state index contributed by atoms with van der Waals surface area (Å²) in [5, 5.41) is 31.3. The second-order valence-electron chi connectivity index (χ2n) is 4.90. The van der Waals surface area contributed by atoms with Crippen LogP contribution in [0.1, 0.15) is 10.9 Å². The van der Waals surface area contributed by atoms with Gasteiger partial charge in [0, 0.05) is 16.7 Å². The maximum absolute atomic E-state index is 11.9. The molecular weight excluding hydrogens is 314 g/mol. The first-order valence-electron chi connectivity index (χ1n) is 6.39. The first-order chi connectivity index (χ1) is 10.4. The average Bonchev–Trinajstić information content (AvgIpc) is 2.48. The molecule has 120 valence electrons. The lowest BCUT2D eigenvalue weighted by Gasteiger charge is -2.40. The number of H-pyrrole nitrogens is 1. The molecule has 11 heteroatoms. The molecule has 2 heterocycles. The number of hydrogen-bond donors (Lipinski definition) is 4. The van der Waals surface area contributed by atoms with E-state index in [0.29, 0.717) is 0 Å². The van der Waals surface area contributed by atoms with Crippen molar-refractivity contribution in [3.63, 3.8) is 0 Å². The molecule has 22 heavy (non-hydrogen) atoms. The summed E-state index contributed by atoms with van der Waals surface area (Å²) in [4.78, 5) is 28.0. The van der Waals surface area contributed by atoms with Crippen LogP contribution < -0.4 is 11.2 Å². The van der Waals surface area contributed by atoms with Gasteiger partial charge in [-0.25, -0.2) is 4.79 Å². The summed E-state index contributed by atoms with van der Waals surface area (Å²) in [6.45, 7) is 1.07. The van der Waals surface area contributed by atoms with Gasteiger partial charge in [-0.3, -0.25) is 14.3 Å². The van der Waals surface area contributed by atoms with Gasteiger partial charge in [-0.15, -0.1) is 11.8 Å². The minimum Gasteiger partial charge on any atom is -0.395 e. The standard InChI is InChI=1S/C11H15N5O5S/c1-4-2-16(11(21)13-9(4)20)10-8(19)6(14-15-12)7(18)5(3-17)22-10/h2,5-8,10,17-19H,3H2,1H3,(H,13,20,21)/t5-,6-,7-,8-,10-/m1/s1. The van der Waals surface area contributed by atoms with Crippen molar-refractivity contribution in [2.75, 3.05) is 6.61 Å². The van der Waals surface area contributed by atoms with E-state index in [9.17, 15) is 24.9 Å². The zero-order chi connectivity index (χ0) is 16.4. The van der Waals surface area contributed by atoms with E-state index in [4.69, 9.17) is 5.53 Å². The summed E-state index contributed by atoms with van der Waals surface area (Å²) in [6.07, 6.45) is -1.33. The lowest BCUT2D eigenvalue weighted by atomic mass is 10.0. The Balaban J connectivity index is 2.49. The first-order valence-corrected chi connectivity index (χ1v) is 7.33. The fourth-order valence-corrected chi connectivity index (χ4v) is 3.66. The Labute approximate surface area is 128 Å². The molecule has 0 radical (unpaired) electrons. The number of rotatable bonds is 3. The van der Waals surface area contributed by atoms with Crippen LogP contribution >= 0.6 is 11.8 Å². The average molecular weight is 329 g/mol. The zero-order valence-electron chi connectivity index (χ0n) is 11.5. The summed E-state index contributed by atoms with van der Waals surface area (Å²) >= 11 is 0.967. The highest BCUT2D eigenvalue weighted by Gasteiger charge is 2.44. The van der Waals surface area contributed by atoms with Crippen LogP contribution in [-0.2, 0) is 0 Å². The molecule has 1 aliphatic rings. The fraction of sp³-hybridized carbons (Fsp3) is 0.636. The van der Waals surface area contributed by atoms with E-state index in [1.165, 1.54) is 13.1 Å². The molecule has 0 unspecified atom stereocenters. The van der Waals surface area contributed by atoms with Crippen molar-refractivity contribution in [1.82, 2.24) is 9.55 Å². The minimum absolute atomic E-state index is 0.263. The molecule has 0 amide bonds.